The molecular weight excluding hydrogens is 336 g/mol. The summed E-state index contributed by atoms with van der Waals surface area (Å²) in [5, 5.41) is 22.9. The molecular formula is C17H14N6O3. The number of benzene rings is 2. The van der Waals surface area contributed by atoms with E-state index in [1.54, 1.807) is 35.7 Å². The first-order valence-corrected chi connectivity index (χ1v) is 7.86. The van der Waals surface area contributed by atoms with E-state index in [0.717, 1.165) is 0 Å². The predicted molar refractivity (Wildman–Crippen MR) is 96.2 cm³/mol. The van der Waals surface area contributed by atoms with Gasteiger partial charge in [-0.05, 0) is 18.2 Å². The van der Waals surface area contributed by atoms with Crippen molar-refractivity contribution < 1.29 is 4.92 Å². The molecule has 0 saturated heterocycles. The molecule has 4 aromatic rings. The Labute approximate surface area is 146 Å². The zero-order chi connectivity index (χ0) is 18.3. The summed E-state index contributed by atoms with van der Waals surface area (Å²) in [6.45, 7) is 0.296. The zero-order valence-electron chi connectivity index (χ0n) is 13.8. The van der Waals surface area contributed by atoms with E-state index < -0.39 is 4.92 Å². The number of rotatable bonds is 4. The molecule has 2 heterocycles. The average Bonchev–Trinajstić information content (AvgIpc) is 3.09. The van der Waals surface area contributed by atoms with Gasteiger partial charge in [-0.3, -0.25) is 23.9 Å². The van der Waals surface area contributed by atoms with Gasteiger partial charge in [-0.15, -0.1) is 10.2 Å². The zero-order valence-corrected chi connectivity index (χ0v) is 13.8. The van der Waals surface area contributed by atoms with Gasteiger partial charge in [0, 0.05) is 24.9 Å². The van der Waals surface area contributed by atoms with Crippen molar-refractivity contribution in [1.82, 2.24) is 19.2 Å². The fourth-order valence-electron chi connectivity index (χ4n) is 2.92. The molecule has 4 rings (SSSR count). The second-order valence-electron chi connectivity index (χ2n) is 5.79. The van der Waals surface area contributed by atoms with Crippen LogP contribution in [0, 0.1) is 10.1 Å². The molecule has 0 atom stereocenters. The quantitative estimate of drug-likeness (QED) is 0.446. The molecule has 0 bridgehead atoms. The molecule has 2 aromatic carbocycles. The first kappa shape index (κ1) is 15.8. The van der Waals surface area contributed by atoms with Crippen LogP contribution in [0.1, 0.15) is 5.82 Å². The number of hydrogen-bond acceptors (Lipinski definition) is 6. The molecule has 9 heteroatoms. The molecule has 0 saturated carbocycles. The number of aromatic nitrogens is 4. The number of anilines is 1. The van der Waals surface area contributed by atoms with Crippen LogP contribution < -0.4 is 10.9 Å². The fraction of sp³-hybridized carbons (Fsp3) is 0.118. The van der Waals surface area contributed by atoms with E-state index >= 15 is 0 Å². The lowest BCUT2D eigenvalue weighted by Crippen LogP contribution is -2.20. The van der Waals surface area contributed by atoms with E-state index in [9.17, 15) is 14.9 Å². The Morgan fingerprint density at radius 3 is 2.77 bits per heavy atom. The van der Waals surface area contributed by atoms with Gasteiger partial charge >= 0.3 is 0 Å². The Morgan fingerprint density at radius 2 is 1.96 bits per heavy atom. The highest BCUT2D eigenvalue weighted by Gasteiger charge is 2.14. The normalized spacial score (nSPS) is 11.1. The van der Waals surface area contributed by atoms with Crippen LogP contribution in [0.15, 0.2) is 53.3 Å². The second-order valence-corrected chi connectivity index (χ2v) is 5.79. The van der Waals surface area contributed by atoms with Crippen LogP contribution in [0.4, 0.5) is 11.4 Å². The van der Waals surface area contributed by atoms with Crippen LogP contribution in [0.3, 0.4) is 0 Å². The molecule has 0 aliphatic rings. The summed E-state index contributed by atoms with van der Waals surface area (Å²) < 4.78 is 3.26. The number of para-hydroxylation sites is 1. The maximum Gasteiger partial charge on any atom is 0.271 e. The summed E-state index contributed by atoms with van der Waals surface area (Å²) in [5.41, 5.74) is 1.18. The van der Waals surface area contributed by atoms with Crippen LogP contribution in [0.25, 0.3) is 16.7 Å². The number of nitrogens with one attached hydrogen (secondary N) is 1. The maximum atomic E-state index is 12.4. The van der Waals surface area contributed by atoms with Gasteiger partial charge in [0.05, 0.1) is 22.4 Å². The predicted octanol–water partition coefficient (Wildman–Crippen LogP) is 2.10. The third-order valence-electron chi connectivity index (χ3n) is 4.20. The van der Waals surface area contributed by atoms with Gasteiger partial charge in [0.2, 0.25) is 5.78 Å². The largest absolute Gasteiger partial charge is 0.378 e. The lowest BCUT2D eigenvalue weighted by molar-refractivity contribution is -0.384. The van der Waals surface area contributed by atoms with Gasteiger partial charge < -0.3 is 5.32 Å². The standard InChI is InChI=1S/C17H14N6O3/c1-21-16(24)13-7-2-3-8-14(13)22-15(19-20-17(21)22)10-18-11-5-4-6-12(9-11)23(25)26/h2-9,18H,10H2,1H3. The fourth-order valence-corrected chi connectivity index (χ4v) is 2.92. The first-order valence-electron chi connectivity index (χ1n) is 7.86. The Hall–Kier alpha value is -3.75. The number of hydrogen-bond donors (Lipinski definition) is 1. The number of nitro benzene ring substituents is 1. The van der Waals surface area contributed by atoms with Gasteiger partial charge in [-0.1, -0.05) is 18.2 Å². The van der Waals surface area contributed by atoms with Crippen LogP contribution in [0.5, 0.6) is 0 Å². The van der Waals surface area contributed by atoms with E-state index in [4.69, 9.17) is 0 Å². The summed E-state index contributed by atoms with van der Waals surface area (Å²) in [4.78, 5) is 22.9. The Kier molecular flexibility index (Phi) is 3.61. The van der Waals surface area contributed by atoms with Crippen LogP contribution in [-0.4, -0.2) is 24.1 Å². The van der Waals surface area contributed by atoms with Crippen LogP contribution >= 0.6 is 0 Å². The van der Waals surface area contributed by atoms with Crippen molar-refractivity contribution in [3.63, 3.8) is 0 Å². The lowest BCUT2D eigenvalue weighted by Gasteiger charge is -2.09. The number of fused-ring (bicyclic) bond motifs is 3. The minimum Gasteiger partial charge on any atom is -0.378 e. The molecule has 0 unspecified atom stereocenters. The van der Waals surface area contributed by atoms with E-state index in [-0.39, 0.29) is 11.2 Å². The highest BCUT2D eigenvalue weighted by Crippen LogP contribution is 2.19. The van der Waals surface area contributed by atoms with Gasteiger partial charge in [0.15, 0.2) is 5.82 Å². The third kappa shape index (κ3) is 2.46. The molecule has 130 valence electrons. The average molecular weight is 350 g/mol. The van der Waals surface area contributed by atoms with Crippen molar-refractivity contribution in [2.75, 3.05) is 5.32 Å². The Bertz CT molecular complexity index is 1210. The monoisotopic (exact) mass is 350 g/mol. The van der Waals surface area contributed by atoms with E-state index in [2.05, 4.69) is 15.5 Å². The van der Waals surface area contributed by atoms with Gasteiger partial charge in [0.1, 0.15) is 0 Å². The summed E-state index contributed by atoms with van der Waals surface area (Å²) >= 11 is 0. The molecule has 1 N–H and O–H groups in total. The Morgan fingerprint density at radius 1 is 1.15 bits per heavy atom. The third-order valence-corrected chi connectivity index (χ3v) is 4.20. The summed E-state index contributed by atoms with van der Waals surface area (Å²) in [6, 6.07) is 13.5. The molecule has 9 nitrogen and oxygen atoms in total. The van der Waals surface area contributed by atoms with Crippen molar-refractivity contribution in [3.05, 3.63) is 74.8 Å². The molecule has 0 amide bonds. The van der Waals surface area contributed by atoms with Crippen molar-refractivity contribution in [3.8, 4) is 0 Å². The van der Waals surface area contributed by atoms with E-state index in [0.29, 0.717) is 34.7 Å². The summed E-state index contributed by atoms with van der Waals surface area (Å²) in [6.07, 6.45) is 0. The number of non-ortho nitro benzene ring substituents is 1. The van der Waals surface area contributed by atoms with Gasteiger partial charge in [-0.2, -0.15) is 0 Å². The number of aryl methyl sites for hydroxylation is 1. The minimum absolute atomic E-state index is 0.00829. The number of nitrogens with zero attached hydrogens (tertiary/aromatic N) is 5. The molecule has 0 spiro atoms. The highest BCUT2D eigenvalue weighted by atomic mass is 16.6. The topological polar surface area (TPSA) is 107 Å². The highest BCUT2D eigenvalue weighted by molar-refractivity contribution is 5.80. The van der Waals surface area contributed by atoms with Crippen LogP contribution in [0.2, 0.25) is 0 Å². The molecule has 2 aromatic heterocycles. The van der Waals surface area contributed by atoms with Crippen molar-refractivity contribution in [2.45, 2.75) is 6.54 Å². The minimum atomic E-state index is -0.444. The van der Waals surface area contributed by atoms with Gasteiger partial charge in [-0.25, -0.2) is 0 Å². The van der Waals surface area contributed by atoms with E-state index in [1.165, 1.54) is 16.7 Å². The second kappa shape index (κ2) is 5.96. The van der Waals surface area contributed by atoms with Crippen molar-refractivity contribution >= 4 is 28.1 Å². The number of nitro groups is 1. The SMILES string of the molecule is Cn1c(=O)c2ccccc2n2c(CNc3cccc([N+](=O)[O-])c3)nnc12. The van der Waals surface area contributed by atoms with Crippen molar-refractivity contribution in [1.29, 1.82) is 0 Å². The van der Waals surface area contributed by atoms with E-state index in [1.807, 2.05) is 12.1 Å². The molecule has 0 aliphatic carbocycles. The maximum absolute atomic E-state index is 12.4. The Balaban J connectivity index is 1.77. The van der Waals surface area contributed by atoms with Crippen molar-refractivity contribution in [2.24, 2.45) is 7.05 Å². The molecule has 0 fully saturated rings. The first-order chi connectivity index (χ1) is 12.6. The summed E-state index contributed by atoms with van der Waals surface area (Å²) in [5.74, 6) is 1.03. The lowest BCUT2D eigenvalue weighted by atomic mass is 10.2. The smallest absolute Gasteiger partial charge is 0.271 e. The van der Waals surface area contributed by atoms with Crippen LogP contribution in [-0.2, 0) is 13.6 Å². The molecule has 0 radical (unpaired) electrons. The summed E-state index contributed by atoms with van der Waals surface area (Å²) in [7, 11) is 1.65. The molecule has 0 aliphatic heterocycles. The molecule has 26 heavy (non-hydrogen) atoms. The van der Waals surface area contributed by atoms with Gasteiger partial charge in [0.25, 0.3) is 11.2 Å².